The van der Waals surface area contributed by atoms with Gasteiger partial charge in [0, 0.05) is 0 Å². The number of aromatic nitrogens is 2. The fraction of sp³-hybridized carbons (Fsp3) is 0.136. The first kappa shape index (κ1) is 17.2. The van der Waals surface area contributed by atoms with Gasteiger partial charge in [-0.25, -0.2) is 9.37 Å². The maximum Gasteiger partial charge on any atom is 0.148 e. The highest BCUT2D eigenvalue weighted by Gasteiger charge is 2.16. The summed E-state index contributed by atoms with van der Waals surface area (Å²) >= 11 is 0. The van der Waals surface area contributed by atoms with E-state index in [0.717, 1.165) is 22.6 Å². The van der Waals surface area contributed by atoms with E-state index in [1.54, 1.807) is 12.1 Å². The lowest BCUT2D eigenvalue weighted by atomic mass is 10.1. The zero-order valence-corrected chi connectivity index (χ0v) is 14.6. The number of aliphatic hydroxyl groups excluding tert-OH is 1. The minimum atomic E-state index is -0.779. The van der Waals surface area contributed by atoms with Gasteiger partial charge in [-0.2, -0.15) is 0 Å². The Kier molecular flexibility index (Phi) is 4.85. The van der Waals surface area contributed by atoms with Crippen LogP contribution in [0.2, 0.25) is 0 Å². The van der Waals surface area contributed by atoms with Crippen molar-refractivity contribution in [2.24, 2.45) is 0 Å². The quantitative estimate of drug-likeness (QED) is 0.550. The van der Waals surface area contributed by atoms with Gasteiger partial charge >= 0.3 is 0 Å². The number of fused-ring (bicyclic) bond motifs is 1. The molecule has 0 aliphatic carbocycles. The molecule has 0 amide bonds. The molecule has 4 aromatic rings. The lowest BCUT2D eigenvalue weighted by molar-refractivity contribution is 0.154. The number of ether oxygens (including phenoxy) is 1. The summed E-state index contributed by atoms with van der Waals surface area (Å²) in [6.07, 6.45) is -0.779. The summed E-state index contributed by atoms with van der Waals surface area (Å²) in [6, 6.07) is 23.2. The Bertz CT molecular complexity index is 1030. The van der Waals surface area contributed by atoms with E-state index in [4.69, 9.17) is 4.74 Å². The summed E-state index contributed by atoms with van der Waals surface area (Å²) in [5.74, 6) is 1.16. The van der Waals surface area contributed by atoms with Crippen LogP contribution in [-0.4, -0.2) is 14.7 Å². The SMILES string of the molecule is O[C@H](Cn1c(COc2ccccc2)nc2ccccc21)c1ccc(F)cc1. The third kappa shape index (κ3) is 3.83. The third-order valence-electron chi connectivity index (χ3n) is 4.46. The summed E-state index contributed by atoms with van der Waals surface area (Å²) in [5, 5.41) is 10.6. The molecule has 0 unspecified atom stereocenters. The van der Waals surface area contributed by atoms with Crippen molar-refractivity contribution in [3.63, 3.8) is 0 Å². The number of hydrogen-bond donors (Lipinski definition) is 1. The largest absolute Gasteiger partial charge is 0.486 e. The maximum absolute atomic E-state index is 13.1. The van der Waals surface area contributed by atoms with Crippen LogP contribution in [-0.2, 0) is 13.2 Å². The standard InChI is InChI=1S/C22H19FN2O2/c23-17-12-10-16(11-13-17)21(26)14-25-20-9-5-4-8-19(20)24-22(25)15-27-18-6-2-1-3-7-18/h1-13,21,26H,14-15H2/t21-/m1/s1. The summed E-state index contributed by atoms with van der Waals surface area (Å²) in [7, 11) is 0. The number of para-hydroxylation sites is 3. The molecule has 1 atom stereocenters. The monoisotopic (exact) mass is 362 g/mol. The number of benzene rings is 3. The fourth-order valence-electron chi connectivity index (χ4n) is 3.07. The van der Waals surface area contributed by atoms with Crippen molar-refractivity contribution in [1.82, 2.24) is 9.55 Å². The van der Waals surface area contributed by atoms with Gasteiger partial charge in [-0.15, -0.1) is 0 Å². The van der Waals surface area contributed by atoms with Crippen molar-refractivity contribution >= 4 is 11.0 Å². The molecule has 0 fully saturated rings. The van der Waals surface area contributed by atoms with Crippen molar-refractivity contribution in [2.75, 3.05) is 0 Å². The predicted octanol–water partition coefficient (Wildman–Crippen LogP) is 4.49. The summed E-state index contributed by atoms with van der Waals surface area (Å²) < 4.78 is 20.9. The van der Waals surface area contributed by atoms with E-state index in [0.29, 0.717) is 12.1 Å². The van der Waals surface area contributed by atoms with Crippen LogP contribution in [0.25, 0.3) is 11.0 Å². The highest BCUT2D eigenvalue weighted by molar-refractivity contribution is 5.75. The second-order valence-corrected chi connectivity index (χ2v) is 6.30. The Morgan fingerprint density at radius 3 is 2.41 bits per heavy atom. The van der Waals surface area contributed by atoms with E-state index in [1.807, 2.05) is 59.2 Å². The molecule has 0 saturated heterocycles. The average Bonchev–Trinajstić information content (AvgIpc) is 3.05. The van der Waals surface area contributed by atoms with Gasteiger partial charge in [0.15, 0.2) is 0 Å². The minimum Gasteiger partial charge on any atom is -0.486 e. The van der Waals surface area contributed by atoms with Crippen molar-refractivity contribution in [3.05, 3.63) is 96.1 Å². The molecular weight excluding hydrogens is 343 g/mol. The molecule has 27 heavy (non-hydrogen) atoms. The number of halogens is 1. The van der Waals surface area contributed by atoms with Gasteiger partial charge in [0.05, 0.1) is 23.7 Å². The number of aliphatic hydroxyl groups is 1. The molecular formula is C22H19FN2O2. The lowest BCUT2D eigenvalue weighted by Crippen LogP contribution is -2.13. The molecule has 0 aliphatic heterocycles. The summed E-state index contributed by atoms with van der Waals surface area (Å²) in [5.41, 5.74) is 2.42. The van der Waals surface area contributed by atoms with Crippen molar-refractivity contribution < 1.29 is 14.2 Å². The van der Waals surface area contributed by atoms with Crippen LogP contribution in [0, 0.1) is 5.82 Å². The van der Waals surface area contributed by atoms with E-state index in [2.05, 4.69) is 4.98 Å². The van der Waals surface area contributed by atoms with Crippen LogP contribution < -0.4 is 4.74 Å². The first-order chi connectivity index (χ1) is 13.2. The van der Waals surface area contributed by atoms with Crippen LogP contribution in [0.3, 0.4) is 0 Å². The van der Waals surface area contributed by atoms with Gasteiger partial charge in [0.1, 0.15) is 24.0 Å². The van der Waals surface area contributed by atoms with Crippen molar-refractivity contribution in [3.8, 4) is 5.75 Å². The second-order valence-electron chi connectivity index (χ2n) is 6.30. The highest BCUT2D eigenvalue weighted by Crippen LogP contribution is 2.23. The van der Waals surface area contributed by atoms with Crippen LogP contribution in [0.5, 0.6) is 5.75 Å². The summed E-state index contributed by atoms with van der Waals surface area (Å²) in [4.78, 5) is 4.66. The molecule has 0 spiro atoms. The number of nitrogens with zero attached hydrogens (tertiary/aromatic N) is 2. The number of rotatable bonds is 6. The lowest BCUT2D eigenvalue weighted by Gasteiger charge is -2.15. The topological polar surface area (TPSA) is 47.3 Å². The van der Waals surface area contributed by atoms with Gasteiger partial charge in [-0.1, -0.05) is 42.5 Å². The Labute approximate surface area is 156 Å². The molecule has 1 aromatic heterocycles. The van der Waals surface area contributed by atoms with E-state index in [-0.39, 0.29) is 12.4 Å². The molecule has 0 radical (unpaired) electrons. The predicted molar refractivity (Wildman–Crippen MR) is 102 cm³/mol. The number of imidazole rings is 1. The first-order valence-corrected chi connectivity index (χ1v) is 8.76. The maximum atomic E-state index is 13.1. The van der Waals surface area contributed by atoms with Crippen molar-refractivity contribution in [1.29, 1.82) is 0 Å². The Morgan fingerprint density at radius 1 is 0.926 bits per heavy atom. The van der Waals surface area contributed by atoms with E-state index in [9.17, 15) is 9.50 Å². The Hall–Kier alpha value is -3.18. The molecule has 3 aromatic carbocycles. The zero-order valence-electron chi connectivity index (χ0n) is 14.6. The van der Waals surface area contributed by atoms with Crippen LogP contribution in [0.15, 0.2) is 78.9 Å². The fourth-order valence-corrected chi connectivity index (χ4v) is 3.07. The smallest absolute Gasteiger partial charge is 0.148 e. The zero-order chi connectivity index (χ0) is 18.6. The first-order valence-electron chi connectivity index (χ1n) is 8.76. The molecule has 0 bridgehead atoms. The molecule has 1 heterocycles. The van der Waals surface area contributed by atoms with Gasteiger partial charge in [0.25, 0.3) is 0 Å². The van der Waals surface area contributed by atoms with E-state index < -0.39 is 6.10 Å². The Balaban J connectivity index is 1.62. The van der Waals surface area contributed by atoms with Gasteiger partial charge in [-0.05, 0) is 42.0 Å². The molecule has 136 valence electrons. The Morgan fingerprint density at radius 2 is 1.63 bits per heavy atom. The highest BCUT2D eigenvalue weighted by atomic mass is 19.1. The van der Waals surface area contributed by atoms with E-state index in [1.165, 1.54) is 12.1 Å². The van der Waals surface area contributed by atoms with Gasteiger partial charge < -0.3 is 14.4 Å². The molecule has 1 N–H and O–H groups in total. The van der Waals surface area contributed by atoms with Gasteiger partial charge in [-0.3, -0.25) is 0 Å². The normalized spacial score (nSPS) is 12.2. The van der Waals surface area contributed by atoms with Crippen molar-refractivity contribution in [2.45, 2.75) is 19.3 Å². The van der Waals surface area contributed by atoms with Crippen LogP contribution in [0.4, 0.5) is 4.39 Å². The molecule has 0 saturated carbocycles. The van der Waals surface area contributed by atoms with Gasteiger partial charge in [0.2, 0.25) is 0 Å². The molecule has 4 nitrogen and oxygen atoms in total. The molecule has 5 heteroatoms. The van der Waals surface area contributed by atoms with Crippen LogP contribution in [0.1, 0.15) is 17.5 Å². The van der Waals surface area contributed by atoms with Crippen LogP contribution >= 0.6 is 0 Å². The average molecular weight is 362 g/mol. The molecule has 0 aliphatic rings. The minimum absolute atomic E-state index is 0.287. The van der Waals surface area contributed by atoms with E-state index >= 15 is 0 Å². The third-order valence-corrected chi connectivity index (χ3v) is 4.46. The summed E-state index contributed by atoms with van der Waals surface area (Å²) in [6.45, 7) is 0.592. The number of hydrogen-bond acceptors (Lipinski definition) is 3. The second kappa shape index (κ2) is 7.60. The molecule has 4 rings (SSSR count).